The van der Waals surface area contributed by atoms with Crippen LogP contribution in [0, 0.1) is 40.4 Å². The van der Waals surface area contributed by atoms with Gasteiger partial charge in [-0.05, 0) is 73.0 Å². The van der Waals surface area contributed by atoms with Crippen molar-refractivity contribution in [2.45, 2.75) is 104 Å². The normalized spacial score (nSPS) is 52.8. The van der Waals surface area contributed by atoms with Gasteiger partial charge in [0.2, 0.25) is 0 Å². The largest absolute Gasteiger partial charge is 0.462 e. The second kappa shape index (κ2) is 7.43. The predicted molar refractivity (Wildman–Crippen MR) is 127 cm³/mol. The molecule has 1 spiro atoms. The molecule has 4 heteroatoms. The minimum absolute atomic E-state index is 0.0557. The van der Waals surface area contributed by atoms with Crippen molar-refractivity contribution >= 4 is 5.97 Å². The lowest BCUT2D eigenvalue weighted by Crippen LogP contribution is -2.49. The molecule has 10 atom stereocenters. The Bertz CT molecular complexity index is 895. The zero-order valence-corrected chi connectivity index (χ0v) is 21.2. The van der Waals surface area contributed by atoms with Crippen molar-refractivity contribution in [1.29, 1.82) is 0 Å². The van der Waals surface area contributed by atoms with Gasteiger partial charge in [-0.1, -0.05) is 51.0 Å². The van der Waals surface area contributed by atoms with Crippen LogP contribution in [-0.2, 0) is 19.0 Å². The number of carbonyl (C=O) groups excluding carboxylic acids is 1. The summed E-state index contributed by atoms with van der Waals surface area (Å²) in [5.41, 5.74) is 3.72. The van der Waals surface area contributed by atoms with Gasteiger partial charge < -0.3 is 14.2 Å². The second-order valence-corrected chi connectivity index (χ2v) is 12.9. The molecule has 2 aliphatic heterocycles. The van der Waals surface area contributed by atoms with E-state index in [0.29, 0.717) is 41.1 Å². The standard InChI is InChI=1S/C29H42O4/c1-17-8-13-29(31-16-17)18(2)26-25(33-29)15-24-22-7-6-20-14-21(32-19(3)30)9-11-27(20,4)23(22)10-12-28(24,26)5/h6-7,17-18,21,23-26H,8-16H2,1-5H3/t17-,18+,21+,23+,24+,25+,26+,27+,28+,29-/m1/s1. The van der Waals surface area contributed by atoms with E-state index in [9.17, 15) is 4.79 Å². The molecule has 182 valence electrons. The van der Waals surface area contributed by atoms with Crippen LogP contribution >= 0.6 is 0 Å². The third kappa shape index (κ3) is 3.12. The van der Waals surface area contributed by atoms with Crippen LogP contribution in [0.25, 0.3) is 0 Å². The van der Waals surface area contributed by atoms with E-state index in [1.54, 1.807) is 5.57 Å². The first-order valence-corrected chi connectivity index (χ1v) is 13.6. The summed E-state index contributed by atoms with van der Waals surface area (Å²) in [5.74, 6) is 2.48. The van der Waals surface area contributed by atoms with Crippen LogP contribution in [0.4, 0.5) is 0 Å². The number of ether oxygens (including phenoxy) is 3. The van der Waals surface area contributed by atoms with E-state index >= 15 is 0 Å². The summed E-state index contributed by atoms with van der Waals surface area (Å²) >= 11 is 0. The second-order valence-electron chi connectivity index (χ2n) is 12.9. The van der Waals surface area contributed by atoms with Crippen molar-refractivity contribution in [3.05, 3.63) is 23.3 Å². The number of esters is 1. The fraction of sp³-hybridized carbons (Fsp3) is 0.828. The highest BCUT2D eigenvalue weighted by Gasteiger charge is 2.67. The van der Waals surface area contributed by atoms with Gasteiger partial charge in [-0.3, -0.25) is 4.79 Å². The molecular formula is C29H42O4. The summed E-state index contributed by atoms with van der Waals surface area (Å²) in [6, 6.07) is 0. The quantitative estimate of drug-likeness (QED) is 0.442. The molecule has 3 saturated carbocycles. The Morgan fingerprint density at radius 1 is 1.06 bits per heavy atom. The van der Waals surface area contributed by atoms with Crippen LogP contribution in [-0.4, -0.2) is 30.6 Å². The lowest BCUT2D eigenvalue weighted by atomic mass is 9.50. The van der Waals surface area contributed by atoms with E-state index in [2.05, 4.69) is 39.8 Å². The summed E-state index contributed by atoms with van der Waals surface area (Å²) < 4.78 is 18.9. The van der Waals surface area contributed by atoms with Gasteiger partial charge >= 0.3 is 5.97 Å². The molecule has 0 aromatic heterocycles. The molecule has 4 nitrogen and oxygen atoms in total. The lowest BCUT2D eigenvalue weighted by Gasteiger charge is -2.55. The SMILES string of the molecule is CC(=O)O[C@H]1CC[C@@]2(C)C(=CC=C3[C@@H]4C[C@@H]5O[C@]6(CC[C@@H](C)CO6)[C@@H](C)[C@@H]5[C@@]4(C)CC[C@@H]32)C1. The Hall–Kier alpha value is -1.13. The van der Waals surface area contributed by atoms with Crippen molar-refractivity contribution in [2.24, 2.45) is 40.4 Å². The summed E-state index contributed by atoms with van der Waals surface area (Å²) in [6.07, 6.45) is 14.3. The maximum atomic E-state index is 11.5. The van der Waals surface area contributed by atoms with E-state index in [0.717, 1.165) is 38.7 Å². The average molecular weight is 455 g/mol. The third-order valence-electron chi connectivity index (χ3n) is 11.1. The molecular weight excluding hydrogens is 412 g/mol. The zero-order chi connectivity index (χ0) is 23.2. The van der Waals surface area contributed by atoms with Gasteiger partial charge in [0.15, 0.2) is 5.79 Å². The Kier molecular flexibility index (Phi) is 5.03. The number of allylic oxidation sites excluding steroid dienone is 3. The van der Waals surface area contributed by atoms with Crippen molar-refractivity contribution in [3.8, 4) is 0 Å². The smallest absolute Gasteiger partial charge is 0.302 e. The fourth-order valence-corrected chi connectivity index (χ4v) is 9.33. The first-order chi connectivity index (χ1) is 15.7. The minimum atomic E-state index is -0.332. The first kappa shape index (κ1) is 22.3. The summed E-state index contributed by atoms with van der Waals surface area (Å²) in [4.78, 5) is 11.5. The maximum Gasteiger partial charge on any atom is 0.302 e. The molecule has 0 N–H and O–H groups in total. The number of carbonyl (C=O) groups is 1. The van der Waals surface area contributed by atoms with E-state index in [-0.39, 0.29) is 23.3 Å². The molecule has 4 aliphatic carbocycles. The summed E-state index contributed by atoms with van der Waals surface area (Å²) in [7, 11) is 0. The van der Waals surface area contributed by atoms with Crippen LogP contribution in [0.5, 0.6) is 0 Å². The van der Waals surface area contributed by atoms with E-state index in [1.165, 1.54) is 31.8 Å². The van der Waals surface area contributed by atoms with Crippen molar-refractivity contribution < 1.29 is 19.0 Å². The van der Waals surface area contributed by atoms with Crippen LogP contribution in [0.3, 0.4) is 0 Å². The molecule has 0 amide bonds. The molecule has 0 unspecified atom stereocenters. The number of rotatable bonds is 1. The highest BCUT2D eigenvalue weighted by atomic mass is 16.7. The maximum absolute atomic E-state index is 11.5. The van der Waals surface area contributed by atoms with Gasteiger partial charge in [0.25, 0.3) is 0 Å². The predicted octanol–water partition coefficient (Wildman–Crippen LogP) is 6.20. The highest BCUT2D eigenvalue weighted by Crippen LogP contribution is 2.69. The Balaban J connectivity index is 1.27. The van der Waals surface area contributed by atoms with Gasteiger partial charge in [-0.25, -0.2) is 0 Å². The highest BCUT2D eigenvalue weighted by molar-refractivity contribution is 5.66. The van der Waals surface area contributed by atoms with Gasteiger partial charge in [0.05, 0.1) is 12.7 Å². The zero-order valence-electron chi connectivity index (χ0n) is 21.2. The molecule has 6 rings (SSSR count). The summed E-state index contributed by atoms with van der Waals surface area (Å²) in [6.45, 7) is 12.2. The van der Waals surface area contributed by atoms with E-state index < -0.39 is 0 Å². The minimum Gasteiger partial charge on any atom is -0.462 e. The number of hydrogen-bond acceptors (Lipinski definition) is 4. The van der Waals surface area contributed by atoms with Gasteiger partial charge in [0, 0.05) is 25.7 Å². The van der Waals surface area contributed by atoms with Gasteiger partial charge in [-0.2, -0.15) is 0 Å². The Morgan fingerprint density at radius 3 is 2.61 bits per heavy atom. The van der Waals surface area contributed by atoms with Crippen LogP contribution in [0.15, 0.2) is 23.3 Å². The Labute approximate surface area is 199 Å². The van der Waals surface area contributed by atoms with Crippen LogP contribution in [0.2, 0.25) is 0 Å². The monoisotopic (exact) mass is 454 g/mol. The molecule has 0 aromatic carbocycles. The molecule has 0 aromatic rings. The third-order valence-corrected chi connectivity index (χ3v) is 11.1. The van der Waals surface area contributed by atoms with E-state index in [1.807, 2.05) is 0 Å². The fourth-order valence-electron chi connectivity index (χ4n) is 9.33. The number of hydrogen-bond donors (Lipinski definition) is 0. The van der Waals surface area contributed by atoms with Crippen LogP contribution < -0.4 is 0 Å². The van der Waals surface area contributed by atoms with Crippen LogP contribution in [0.1, 0.15) is 86.0 Å². The molecule has 33 heavy (non-hydrogen) atoms. The van der Waals surface area contributed by atoms with Crippen molar-refractivity contribution in [3.63, 3.8) is 0 Å². The van der Waals surface area contributed by atoms with E-state index in [4.69, 9.17) is 14.2 Å². The molecule has 0 radical (unpaired) electrons. The van der Waals surface area contributed by atoms with Crippen molar-refractivity contribution in [1.82, 2.24) is 0 Å². The average Bonchev–Trinajstić information content (AvgIpc) is 3.21. The topological polar surface area (TPSA) is 44.8 Å². The first-order valence-electron chi connectivity index (χ1n) is 13.6. The molecule has 5 fully saturated rings. The summed E-state index contributed by atoms with van der Waals surface area (Å²) in [5, 5.41) is 0. The van der Waals surface area contributed by atoms with Gasteiger partial charge in [0.1, 0.15) is 6.10 Å². The Morgan fingerprint density at radius 2 is 1.88 bits per heavy atom. The molecule has 0 bridgehead atoms. The number of fused-ring (bicyclic) bond motifs is 7. The van der Waals surface area contributed by atoms with Gasteiger partial charge in [-0.15, -0.1) is 0 Å². The lowest BCUT2D eigenvalue weighted by molar-refractivity contribution is -0.271. The molecule has 2 saturated heterocycles. The molecule has 2 heterocycles. The molecule has 6 aliphatic rings. The van der Waals surface area contributed by atoms with Crippen molar-refractivity contribution in [2.75, 3.05) is 6.61 Å².